The molecule has 2 aromatic heterocycles. The number of aliphatic hydroxyl groups is 1. The van der Waals surface area contributed by atoms with E-state index in [1.807, 2.05) is 18.2 Å². The zero-order valence-corrected chi connectivity index (χ0v) is 16.6. The van der Waals surface area contributed by atoms with Gasteiger partial charge in [0.15, 0.2) is 0 Å². The van der Waals surface area contributed by atoms with E-state index < -0.39 is 23.1 Å². The van der Waals surface area contributed by atoms with Gasteiger partial charge >= 0.3 is 0 Å². The van der Waals surface area contributed by atoms with Gasteiger partial charge in [0.25, 0.3) is 5.91 Å². The van der Waals surface area contributed by atoms with E-state index in [0.29, 0.717) is 11.6 Å². The maximum Gasteiger partial charge on any atom is 0.272 e. The van der Waals surface area contributed by atoms with Gasteiger partial charge in [-0.15, -0.1) is 0 Å². The Bertz CT molecular complexity index is 1230. The Hall–Kier alpha value is -3.72. The summed E-state index contributed by atoms with van der Waals surface area (Å²) in [4.78, 5) is 22.5. The smallest absolute Gasteiger partial charge is 0.272 e. The van der Waals surface area contributed by atoms with Crippen LogP contribution in [0.25, 0.3) is 10.9 Å². The molecule has 1 N–H and O–H groups in total. The highest BCUT2D eigenvalue weighted by Gasteiger charge is 2.36. The Morgan fingerprint density at radius 1 is 1.16 bits per heavy atom. The number of benzene rings is 2. The van der Waals surface area contributed by atoms with Crippen molar-refractivity contribution in [1.29, 1.82) is 0 Å². The number of likely N-dealkylation sites (N-methyl/N-ethyl adjacent to an activating group) is 1. The Labute approximate surface area is 176 Å². The number of nitrogens with zero attached hydrogens (tertiary/aromatic N) is 5. The fraction of sp³-hybridized carbons (Fsp3) is 0.182. The third kappa shape index (κ3) is 4.26. The van der Waals surface area contributed by atoms with Gasteiger partial charge in [0.2, 0.25) is 0 Å². The number of fused-ring (bicyclic) bond motifs is 1. The van der Waals surface area contributed by atoms with Crippen LogP contribution in [0.3, 0.4) is 0 Å². The SMILES string of the molecule is CN(CC(O)(Cn1cncn1)c1ccc(F)cc1F)C(=O)c1ccc2ccccc2n1. The second-order valence-corrected chi connectivity index (χ2v) is 7.30. The summed E-state index contributed by atoms with van der Waals surface area (Å²) in [5, 5.41) is 16.2. The van der Waals surface area contributed by atoms with Gasteiger partial charge in [0.1, 0.15) is 35.6 Å². The zero-order valence-electron chi connectivity index (χ0n) is 16.6. The lowest BCUT2D eigenvalue weighted by Crippen LogP contribution is -2.45. The summed E-state index contributed by atoms with van der Waals surface area (Å²) in [5.74, 6) is -2.15. The molecular formula is C22H19F2N5O2. The second kappa shape index (κ2) is 8.19. The molecule has 0 saturated heterocycles. The molecule has 4 rings (SSSR count). The molecule has 1 unspecified atom stereocenters. The van der Waals surface area contributed by atoms with Crippen LogP contribution in [0.1, 0.15) is 16.1 Å². The van der Waals surface area contributed by atoms with Crippen molar-refractivity contribution >= 4 is 16.8 Å². The van der Waals surface area contributed by atoms with Crippen molar-refractivity contribution in [3.8, 4) is 0 Å². The average molecular weight is 423 g/mol. The molecule has 0 bridgehead atoms. The highest BCUT2D eigenvalue weighted by atomic mass is 19.1. The number of carbonyl (C=O) groups excluding carboxylic acids is 1. The summed E-state index contributed by atoms with van der Waals surface area (Å²) in [6.07, 6.45) is 2.63. The monoisotopic (exact) mass is 423 g/mol. The molecule has 158 valence electrons. The lowest BCUT2D eigenvalue weighted by atomic mass is 9.92. The van der Waals surface area contributed by atoms with Crippen LogP contribution >= 0.6 is 0 Å². The maximum atomic E-state index is 14.6. The fourth-order valence-electron chi connectivity index (χ4n) is 3.51. The molecule has 0 aliphatic heterocycles. The normalized spacial score (nSPS) is 13.2. The molecule has 0 aliphatic rings. The minimum atomic E-state index is -1.90. The topological polar surface area (TPSA) is 84.1 Å². The number of amides is 1. The first kappa shape index (κ1) is 20.5. The summed E-state index contributed by atoms with van der Waals surface area (Å²) in [6.45, 7) is -0.485. The maximum absolute atomic E-state index is 14.6. The molecular weight excluding hydrogens is 404 g/mol. The van der Waals surface area contributed by atoms with Crippen molar-refractivity contribution in [2.75, 3.05) is 13.6 Å². The van der Waals surface area contributed by atoms with Crippen LogP contribution in [0, 0.1) is 11.6 Å². The summed E-state index contributed by atoms with van der Waals surface area (Å²) in [7, 11) is 1.48. The number of hydrogen-bond acceptors (Lipinski definition) is 5. The Kier molecular flexibility index (Phi) is 5.43. The Morgan fingerprint density at radius 3 is 2.71 bits per heavy atom. The van der Waals surface area contributed by atoms with Crippen LogP contribution in [0.15, 0.2) is 67.3 Å². The molecule has 0 aliphatic carbocycles. The molecule has 0 fully saturated rings. The van der Waals surface area contributed by atoms with Crippen LogP contribution in [0.2, 0.25) is 0 Å². The van der Waals surface area contributed by atoms with Crippen LogP contribution in [0.4, 0.5) is 8.78 Å². The highest BCUT2D eigenvalue weighted by molar-refractivity contribution is 5.94. The van der Waals surface area contributed by atoms with E-state index in [2.05, 4.69) is 15.1 Å². The average Bonchev–Trinajstić information content (AvgIpc) is 3.25. The van der Waals surface area contributed by atoms with Gasteiger partial charge in [-0.2, -0.15) is 5.10 Å². The number of para-hydroxylation sites is 1. The zero-order chi connectivity index (χ0) is 22.0. The van der Waals surface area contributed by atoms with Crippen molar-refractivity contribution in [2.24, 2.45) is 0 Å². The molecule has 0 spiro atoms. The summed E-state index contributed by atoms with van der Waals surface area (Å²) in [5.41, 5.74) is -1.21. The van der Waals surface area contributed by atoms with Gasteiger partial charge in [-0.25, -0.2) is 23.4 Å². The standard InChI is InChI=1S/C22H19F2N5O2/c1-28(21(30)20-9-6-15-4-2-3-5-19(15)27-20)11-22(31,12-29-14-25-13-26-29)17-8-7-16(23)10-18(17)24/h2-10,13-14,31H,11-12H2,1H3. The molecule has 0 saturated carbocycles. The van der Waals surface area contributed by atoms with Crippen molar-refractivity contribution in [1.82, 2.24) is 24.6 Å². The van der Waals surface area contributed by atoms with E-state index in [-0.39, 0.29) is 24.3 Å². The third-order valence-corrected chi connectivity index (χ3v) is 4.99. The van der Waals surface area contributed by atoms with Crippen molar-refractivity contribution < 1.29 is 18.7 Å². The fourth-order valence-corrected chi connectivity index (χ4v) is 3.51. The third-order valence-electron chi connectivity index (χ3n) is 4.99. The summed E-state index contributed by atoms with van der Waals surface area (Å²) >= 11 is 0. The minimum absolute atomic E-state index is 0.157. The van der Waals surface area contributed by atoms with E-state index >= 15 is 0 Å². The van der Waals surface area contributed by atoms with Crippen LogP contribution in [-0.4, -0.2) is 49.3 Å². The molecule has 31 heavy (non-hydrogen) atoms. The number of aromatic nitrogens is 4. The van der Waals surface area contributed by atoms with Crippen LogP contribution < -0.4 is 0 Å². The largest absolute Gasteiger partial charge is 0.381 e. The first-order valence-electron chi connectivity index (χ1n) is 9.47. The van der Waals surface area contributed by atoms with E-state index in [0.717, 1.165) is 17.5 Å². The van der Waals surface area contributed by atoms with Crippen molar-refractivity contribution in [2.45, 2.75) is 12.1 Å². The number of pyridine rings is 1. The Balaban J connectivity index is 1.65. The van der Waals surface area contributed by atoms with Gasteiger partial charge in [-0.05, 0) is 18.2 Å². The van der Waals surface area contributed by atoms with E-state index in [9.17, 15) is 18.7 Å². The van der Waals surface area contributed by atoms with E-state index in [4.69, 9.17) is 0 Å². The van der Waals surface area contributed by atoms with Gasteiger partial charge in [-0.1, -0.05) is 30.3 Å². The van der Waals surface area contributed by atoms with E-state index in [1.54, 1.807) is 18.2 Å². The van der Waals surface area contributed by atoms with Crippen molar-refractivity contribution in [3.63, 3.8) is 0 Å². The van der Waals surface area contributed by atoms with Gasteiger partial charge in [0.05, 0.1) is 18.6 Å². The molecule has 1 atom stereocenters. The molecule has 9 heteroatoms. The predicted molar refractivity (Wildman–Crippen MR) is 109 cm³/mol. The molecule has 7 nitrogen and oxygen atoms in total. The number of halogens is 2. The van der Waals surface area contributed by atoms with Gasteiger partial charge in [-0.3, -0.25) is 4.79 Å². The number of hydrogen-bond donors (Lipinski definition) is 1. The lowest BCUT2D eigenvalue weighted by molar-refractivity contribution is -0.0130. The predicted octanol–water partition coefficient (Wildman–Crippen LogP) is 2.76. The van der Waals surface area contributed by atoms with Crippen LogP contribution in [0.5, 0.6) is 0 Å². The Morgan fingerprint density at radius 2 is 1.97 bits per heavy atom. The summed E-state index contributed by atoms with van der Waals surface area (Å²) < 4.78 is 29.3. The minimum Gasteiger partial charge on any atom is -0.381 e. The lowest BCUT2D eigenvalue weighted by Gasteiger charge is -2.33. The van der Waals surface area contributed by atoms with Crippen molar-refractivity contribution in [3.05, 3.63) is 90.1 Å². The summed E-state index contributed by atoms with van der Waals surface area (Å²) in [6, 6.07) is 13.6. The van der Waals surface area contributed by atoms with E-state index in [1.165, 1.54) is 29.3 Å². The molecule has 1 amide bonds. The quantitative estimate of drug-likeness (QED) is 0.516. The number of carbonyl (C=O) groups is 1. The first-order chi connectivity index (χ1) is 14.9. The van der Waals surface area contributed by atoms with Gasteiger partial charge in [0, 0.05) is 24.1 Å². The van der Waals surface area contributed by atoms with Gasteiger partial charge < -0.3 is 10.0 Å². The molecule has 0 radical (unpaired) electrons. The molecule has 4 aromatic rings. The highest BCUT2D eigenvalue weighted by Crippen LogP contribution is 2.28. The van der Waals surface area contributed by atoms with Crippen LogP contribution in [-0.2, 0) is 12.1 Å². The first-order valence-corrected chi connectivity index (χ1v) is 9.47. The molecule has 2 aromatic carbocycles. The molecule has 2 heterocycles. The second-order valence-electron chi connectivity index (χ2n) is 7.30. The number of rotatable bonds is 6.